The first-order valence-electron chi connectivity index (χ1n) is 8.84. The summed E-state index contributed by atoms with van der Waals surface area (Å²) < 4.78 is 14.0. The Morgan fingerprint density at radius 2 is 1.90 bits per heavy atom. The zero-order chi connectivity index (χ0) is 20.2. The number of hydrogen-bond acceptors (Lipinski definition) is 5. The number of rotatable bonds is 6. The number of nitrogens with zero attached hydrogens (tertiary/aromatic N) is 1. The number of fused-ring (bicyclic) bond motifs is 1. The highest BCUT2D eigenvalue weighted by Crippen LogP contribution is 2.26. The van der Waals surface area contributed by atoms with Crippen LogP contribution < -0.4 is 10.6 Å². The smallest absolute Gasteiger partial charge is 0.262 e. The third-order valence-electron chi connectivity index (χ3n) is 4.23. The minimum atomic E-state index is -0.782. The van der Waals surface area contributed by atoms with Crippen molar-refractivity contribution >= 4 is 49.8 Å². The Bertz CT molecular complexity index is 1140. The second kappa shape index (κ2) is 8.50. The van der Waals surface area contributed by atoms with Crippen molar-refractivity contribution in [3.63, 3.8) is 0 Å². The van der Waals surface area contributed by atoms with Crippen molar-refractivity contribution in [2.75, 3.05) is 5.32 Å². The third kappa shape index (κ3) is 4.67. The van der Waals surface area contributed by atoms with Crippen LogP contribution in [0.3, 0.4) is 0 Å². The molecule has 0 aliphatic rings. The van der Waals surface area contributed by atoms with E-state index in [4.69, 9.17) is 0 Å². The lowest BCUT2D eigenvalue weighted by Gasteiger charge is -2.17. The summed E-state index contributed by atoms with van der Waals surface area (Å²) in [6.45, 7) is 0. The van der Waals surface area contributed by atoms with Crippen molar-refractivity contribution in [2.24, 2.45) is 0 Å². The molecule has 2 aromatic carbocycles. The number of halogens is 1. The van der Waals surface area contributed by atoms with Crippen molar-refractivity contribution in [3.8, 4) is 0 Å². The van der Waals surface area contributed by atoms with Gasteiger partial charge in [0.25, 0.3) is 5.91 Å². The predicted octanol–water partition coefficient (Wildman–Crippen LogP) is 4.48. The summed E-state index contributed by atoms with van der Waals surface area (Å²) in [4.78, 5) is 30.3. The molecule has 0 radical (unpaired) electrons. The minimum Gasteiger partial charge on any atom is -0.339 e. The highest BCUT2D eigenvalue weighted by molar-refractivity contribution is 7.22. The first-order valence-corrected chi connectivity index (χ1v) is 10.5. The number of thiazole rings is 1. The van der Waals surface area contributed by atoms with E-state index in [1.54, 1.807) is 23.6 Å². The highest BCUT2D eigenvalue weighted by Gasteiger charge is 2.23. The largest absolute Gasteiger partial charge is 0.339 e. The van der Waals surface area contributed by atoms with Crippen LogP contribution in [0.2, 0.25) is 0 Å². The maximum Gasteiger partial charge on any atom is 0.262 e. The number of nitrogens with one attached hydrogen (secondary N) is 2. The Morgan fingerprint density at radius 1 is 1.07 bits per heavy atom. The molecule has 1 atom stereocenters. The average molecular weight is 426 g/mol. The summed E-state index contributed by atoms with van der Waals surface area (Å²) in [7, 11) is 0. The lowest BCUT2D eigenvalue weighted by molar-refractivity contribution is -0.118. The van der Waals surface area contributed by atoms with Gasteiger partial charge >= 0.3 is 0 Å². The number of thiophene rings is 1. The third-order valence-corrected chi connectivity index (χ3v) is 6.03. The van der Waals surface area contributed by atoms with Gasteiger partial charge in [0.15, 0.2) is 5.13 Å². The number of hydrogen-bond donors (Lipinski definition) is 2. The van der Waals surface area contributed by atoms with Crippen LogP contribution in [0.15, 0.2) is 66.0 Å². The summed E-state index contributed by atoms with van der Waals surface area (Å²) in [5, 5.41) is 7.73. The SMILES string of the molecule is O=C(N[C@H](Cc1ccccc1)C(=O)Nc1nc2ccc(F)cc2s1)c1cccs1. The number of benzene rings is 2. The van der Waals surface area contributed by atoms with Gasteiger partial charge in [-0.15, -0.1) is 11.3 Å². The fourth-order valence-corrected chi connectivity index (χ4v) is 4.36. The maximum atomic E-state index is 13.4. The van der Waals surface area contributed by atoms with Gasteiger partial charge in [0.1, 0.15) is 11.9 Å². The average Bonchev–Trinajstić information content (AvgIpc) is 3.37. The molecule has 0 aliphatic carbocycles. The molecule has 0 fully saturated rings. The van der Waals surface area contributed by atoms with Gasteiger partial charge in [-0.3, -0.25) is 9.59 Å². The van der Waals surface area contributed by atoms with Crippen LogP contribution in [0.5, 0.6) is 0 Å². The summed E-state index contributed by atoms with van der Waals surface area (Å²) in [5.74, 6) is -1.04. The molecule has 0 unspecified atom stereocenters. The van der Waals surface area contributed by atoms with E-state index < -0.39 is 6.04 Å². The Balaban J connectivity index is 1.54. The van der Waals surface area contributed by atoms with Crippen molar-refractivity contribution < 1.29 is 14.0 Å². The van der Waals surface area contributed by atoms with Crippen molar-refractivity contribution in [2.45, 2.75) is 12.5 Å². The standard InChI is InChI=1S/C21H16FN3O2S2/c22-14-8-9-15-18(12-14)29-21(24-15)25-19(26)16(11-13-5-2-1-3-6-13)23-20(27)17-7-4-10-28-17/h1-10,12,16H,11H2,(H,23,27)(H,24,25,26)/t16-/m1/s1. The van der Waals surface area contributed by atoms with Crippen molar-refractivity contribution in [3.05, 3.63) is 82.3 Å². The maximum absolute atomic E-state index is 13.4. The Hall–Kier alpha value is -3.10. The van der Waals surface area contributed by atoms with Crippen LogP contribution in [-0.2, 0) is 11.2 Å². The molecule has 0 saturated heterocycles. The van der Waals surface area contributed by atoms with E-state index in [9.17, 15) is 14.0 Å². The molecule has 4 aromatic rings. The van der Waals surface area contributed by atoms with E-state index in [1.807, 2.05) is 30.3 Å². The number of carbonyl (C=O) groups excluding carboxylic acids is 2. The summed E-state index contributed by atoms with van der Waals surface area (Å²) in [6, 6.07) is 16.4. The van der Waals surface area contributed by atoms with Crippen molar-refractivity contribution in [1.29, 1.82) is 0 Å². The molecule has 146 valence electrons. The molecule has 4 rings (SSSR count). The molecule has 2 amide bonds. The molecule has 5 nitrogen and oxygen atoms in total. The molecular formula is C21H16FN3O2S2. The molecule has 0 saturated carbocycles. The van der Waals surface area contributed by atoms with Crippen LogP contribution in [0, 0.1) is 5.82 Å². The van der Waals surface area contributed by atoms with E-state index >= 15 is 0 Å². The Kier molecular flexibility index (Phi) is 5.64. The van der Waals surface area contributed by atoms with Gasteiger partial charge in [0.05, 0.1) is 15.1 Å². The fourth-order valence-electron chi connectivity index (χ4n) is 2.84. The van der Waals surface area contributed by atoms with Gasteiger partial charge in [0, 0.05) is 6.42 Å². The first-order chi connectivity index (χ1) is 14.1. The Morgan fingerprint density at radius 3 is 2.66 bits per heavy atom. The molecule has 8 heteroatoms. The van der Waals surface area contributed by atoms with Gasteiger partial charge in [-0.05, 0) is 35.2 Å². The highest BCUT2D eigenvalue weighted by atomic mass is 32.1. The summed E-state index contributed by atoms with van der Waals surface area (Å²) in [6.07, 6.45) is 0.337. The lowest BCUT2D eigenvalue weighted by atomic mass is 10.1. The van der Waals surface area contributed by atoms with Gasteiger partial charge in [-0.1, -0.05) is 47.7 Å². The van der Waals surface area contributed by atoms with Crippen LogP contribution >= 0.6 is 22.7 Å². The Labute approximate surface area is 174 Å². The van der Waals surface area contributed by atoms with E-state index in [2.05, 4.69) is 15.6 Å². The zero-order valence-electron chi connectivity index (χ0n) is 15.1. The molecule has 2 heterocycles. The predicted molar refractivity (Wildman–Crippen MR) is 114 cm³/mol. The molecular weight excluding hydrogens is 409 g/mol. The van der Waals surface area contributed by atoms with Gasteiger partial charge in [0.2, 0.25) is 5.91 Å². The van der Waals surface area contributed by atoms with Crippen LogP contribution in [-0.4, -0.2) is 22.8 Å². The number of aromatic nitrogens is 1. The van der Waals surface area contributed by atoms with Gasteiger partial charge < -0.3 is 10.6 Å². The first kappa shape index (κ1) is 19.2. The molecule has 0 bridgehead atoms. The van der Waals surface area contributed by atoms with Crippen LogP contribution in [0.4, 0.5) is 9.52 Å². The van der Waals surface area contributed by atoms with E-state index in [0.29, 0.717) is 26.6 Å². The molecule has 2 N–H and O–H groups in total. The number of amides is 2. The second-order valence-corrected chi connectivity index (χ2v) is 8.29. The van der Waals surface area contributed by atoms with Gasteiger partial charge in [-0.25, -0.2) is 9.37 Å². The van der Waals surface area contributed by atoms with Crippen molar-refractivity contribution in [1.82, 2.24) is 10.3 Å². The molecule has 0 aliphatic heterocycles. The van der Waals surface area contributed by atoms with Gasteiger partial charge in [-0.2, -0.15) is 0 Å². The number of carbonyl (C=O) groups is 2. The fraction of sp³-hybridized carbons (Fsp3) is 0.0952. The van der Waals surface area contributed by atoms with E-state index in [-0.39, 0.29) is 17.6 Å². The van der Waals surface area contributed by atoms with Crippen LogP contribution in [0.1, 0.15) is 15.2 Å². The molecule has 0 spiro atoms. The normalized spacial score (nSPS) is 11.9. The number of anilines is 1. The van der Waals surface area contributed by atoms with Crippen LogP contribution in [0.25, 0.3) is 10.2 Å². The zero-order valence-corrected chi connectivity index (χ0v) is 16.7. The lowest BCUT2D eigenvalue weighted by Crippen LogP contribution is -2.45. The van der Waals surface area contributed by atoms with E-state index in [1.165, 1.54) is 34.8 Å². The topological polar surface area (TPSA) is 71.1 Å². The van der Waals surface area contributed by atoms with E-state index in [0.717, 1.165) is 5.56 Å². The molecule has 29 heavy (non-hydrogen) atoms. The summed E-state index contributed by atoms with van der Waals surface area (Å²) in [5.41, 5.74) is 1.53. The quantitative estimate of drug-likeness (QED) is 0.479. The molecule has 2 aromatic heterocycles. The second-order valence-electron chi connectivity index (χ2n) is 6.31. The minimum absolute atomic E-state index is 0.303. The monoisotopic (exact) mass is 425 g/mol. The summed E-state index contributed by atoms with van der Waals surface area (Å²) >= 11 is 2.50.